The Morgan fingerprint density at radius 3 is 2.29 bits per heavy atom. The summed E-state index contributed by atoms with van der Waals surface area (Å²) in [6.07, 6.45) is 0. The van der Waals surface area contributed by atoms with E-state index in [9.17, 15) is 4.79 Å². The van der Waals surface area contributed by atoms with Crippen LogP contribution in [0.2, 0.25) is 0 Å². The van der Waals surface area contributed by atoms with Gasteiger partial charge in [-0.1, -0.05) is 12.1 Å². The lowest BCUT2D eigenvalue weighted by molar-refractivity contribution is 0.102. The van der Waals surface area contributed by atoms with E-state index in [0.29, 0.717) is 40.0 Å². The molecule has 0 aliphatic carbocycles. The number of aryl methyl sites for hydroxylation is 1. The second-order valence-corrected chi connectivity index (χ2v) is 7.49. The van der Waals surface area contributed by atoms with Crippen LogP contribution in [-0.2, 0) is 0 Å². The molecule has 0 bridgehead atoms. The van der Waals surface area contributed by atoms with E-state index in [2.05, 4.69) is 20.5 Å². The van der Waals surface area contributed by atoms with Gasteiger partial charge in [0.2, 0.25) is 5.65 Å². The van der Waals surface area contributed by atoms with Gasteiger partial charge in [-0.25, -0.2) is 4.98 Å². The third kappa shape index (κ3) is 3.95. The Hall–Kier alpha value is -4.66. The monoisotopic (exact) mass is 455 g/mol. The van der Waals surface area contributed by atoms with Crippen LogP contribution in [0.15, 0.2) is 66.7 Å². The highest BCUT2D eigenvalue weighted by molar-refractivity contribution is 6.04. The van der Waals surface area contributed by atoms with Crippen molar-refractivity contribution in [2.24, 2.45) is 0 Å². The van der Waals surface area contributed by atoms with Crippen LogP contribution in [0.25, 0.3) is 16.7 Å². The molecule has 0 saturated heterocycles. The highest BCUT2D eigenvalue weighted by atomic mass is 16.5. The van der Waals surface area contributed by atoms with E-state index in [1.54, 1.807) is 42.5 Å². The van der Waals surface area contributed by atoms with Crippen LogP contribution in [0.5, 0.6) is 23.1 Å². The molecule has 0 spiro atoms. The fourth-order valence-corrected chi connectivity index (χ4v) is 3.62. The smallest absolute Gasteiger partial charge is 0.266 e. The molecule has 1 N–H and O–H groups in total. The van der Waals surface area contributed by atoms with Crippen LogP contribution in [0.4, 0.5) is 5.69 Å². The number of hydrogen-bond donors (Lipinski definition) is 1. The molecule has 34 heavy (non-hydrogen) atoms. The van der Waals surface area contributed by atoms with E-state index in [-0.39, 0.29) is 5.91 Å². The molecule has 0 radical (unpaired) electrons. The summed E-state index contributed by atoms with van der Waals surface area (Å²) in [5.74, 6) is 2.41. The zero-order chi connectivity index (χ0) is 23.7. The first-order valence-electron chi connectivity index (χ1n) is 10.5. The number of carbonyl (C=O) groups excluding carboxylic acids is 1. The van der Waals surface area contributed by atoms with Crippen LogP contribution in [0.3, 0.4) is 0 Å². The van der Waals surface area contributed by atoms with Crippen LogP contribution >= 0.6 is 0 Å². The fraction of sp³-hybridized carbons (Fsp3) is 0.120. The van der Waals surface area contributed by atoms with Crippen LogP contribution in [-0.4, -0.2) is 39.7 Å². The number of rotatable bonds is 6. The van der Waals surface area contributed by atoms with Gasteiger partial charge in [-0.05, 0) is 55.5 Å². The van der Waals surface area contributed by atoms with Crippen LogP contribution < -0.4 is 19.5 Å². The molecular weight excluding hydrogens is 434 g/mol. The molecule has 3 aromatic carbocycles. The van der Waals surface area contributed by atoms with Gasteiger partial charge < -0.3 is 19.5 Å². The maximum absolute atomic E-state index is 12.7. The van der Waals surface area contributed by atoms with E-state index >= 15 is 0 Å². The number of ether oxygens (including phenoxy) is 3. The minimum Gasteiger partial charge on any atom is -0.497 e. The third-order valence-electron chi connectivity index (χ3n) is 5.30. The SMILES string of the molecule is COc1cc(OC)cc(C(=O)Nc2ccc(Oc3nc4ccccc4n4c(C)nnc34)cc2)c1. The first-order valence-corrected chi connectivity index (χ1v) is 10.5. The van der Waals surface area contributed by atoms with Crippen molar-refractivity contribution in [3.05, 3.63) is 78.1 Å². The van der Waals surface area contributed by atoms with Crippen molar-refractivity contribution < 1.29 is 19.0 Å². The largest absolute Gasteiger partial charge is 0.497 e. The molecule has 9 heteroatoms. The second-order valence-electron chi connectivity index (χ2n) is 7.49. The number of fused-ring (bicyclic) bond motifs is 3. The zero-order valence-electron chi connectivity index (χ0n) is 18.8. The van der Waals surface area contributed by atoms with Crippen molar-refractivity contribution in [3.8, 4) is 23.1 Å². The summed E-state index contributed by atoms with van der Waals surface area (Å²) in [5, 5.41) is 11.3. The second kappa shape index (κ2) is 8.70. The number of aromatic nitrogens is 4. The summed E-state index contributed by atoms with van der Waals surface area (Å²) in [5.41, 5.74) is 3.22. The number of benzene rings is 3. The first-order chi connectivity index (χ1) is 16.6. The van der Waals surface area contributed by atoms with Gasteiger partial charge in [-0.3, -0.25) is 9.20 Å². The van der Waals surface area contributed by atoms with Gasteiger partial charge in [-0.15, -0.1) is 10.2 Å². The molecule has 5 rings (SSSR count). The Morgan fingerprint density at radius 1 is 0.882 bits per heavy atom. The number of para-hydroxylation sites is 2. The van der Waals surface area contributed by atoms with Gasteiger partial charge in [0.25, 0.3) is 11.8 Å². The van der Waals surface area contributed by atoms with Gasteiger partial charge in [0, 0.05) is 17.3 Å². The number of nitrogens with one attached hydrogen (secondary N) is 1. The molecule has 5 aromatic rings. The van der Waals surface area contributed by atoms with Crippen molar-refractivity contribution >= 4 is 28.3 Å². The number of carbonyl (C=O) groups is 1. The number of methoxy groups -OCH3 is 2. The molecule has 2 heterocycles. The van der Waals surface area contributed by atoms with E-state index in [0.717, 1.165) is 16.9 Å². The summed E-state index contributed by atoms with van der Waals surface area (Å²) in [6, 6.07) is 19.7. The van der Waals surface area contributed by atoms with Crippen molar-refractivity contribution in [3.63, 3.8) is 0 Å². The number of nitrogens with zero attached hydrogens (tertiary/aromatic N) is 4. The van der Waals surface area contributed by atoms with Gasteiger partial charge >= 0.3 is 0 Å². The minimum absolute atomic E-state index is 0.289. The summed E-state index contributed by atoms with van der Waals surface area (Å²) in [7, 11) is 3.07. The lowest BCUT2D eigenvalue weighted by atomic mass is 10.1. The highest BCUT2D eigenvalue weighted by Crippen LogP contribution is 2.28. The van der Waals surface area contributed by atoms with Crippen molar-refractivity contribution in [2.45, 2.75) is 6.92 Å². The quantitative estimate of drug-likeness (QED) is 0.398. The Labute approximate surface area is 194 Å². The normalized spacial score (nSPS) is 10.9. The molecule has 170 valence electrons. The molecule has 9 nitrogen and oxygen atoms in total. The van der Waals surface area contributed by atoms with Gasteiger partial charge in [0.05, 0.1) is 25.3 Å². The molecule has 0 saturated carbocycles. The predicted octanol–water partition coefficient (Wildman–Crippen LogP) is 4.65. The van der Waals surface area contributed by atoms with Crippen molar-refractivity contribution in [1.29, 1.82) is 0 Å². The average molecular weight is 455 g/mol. The molecule has 2 aromatic heterocycles. The summed E-state index contributed by atoms with van der Waals surface area (Å²) in [4.78, 5) is 17.3. The zero-order valence-corrected chi connectivity index (χ0v) is 18.8. The minimum atomic E-state index is -0.289. The summed E-state index contributed by atoms with van der Waals surface area (Å²) < 4.78 is 18.4. The van der Waals surface area contributed by atoms with E-state index in [4.69, 9.17) is 14.2 Å². The van der Waals surface area contributed by atoms with Gasteiger partial charge in [0.1, 0.15) is 23.1 Å². The Kier molecular flexibility index (Phi) is 5.43. The van der Waals surface area contributed by atoms with E-state index < -0.39 is 0 Å². The van der Waals surface area contributed by atoms with E-state index in [1.165, 1.54) is 14.2 Å². The maximum atomic E-state index is 12.7. The molecule has 1 amide bonds. The molecular formula is C25H21N5O4. The number of hydrogen-bond acceptors (Lipinski definition) is 7. The summed E-state index contributed by atoms with van der Waals surface area (Å²) >= 11 is 0. The molecule has 0 unspecified atom stereocenters. The van der Waals surface area contributed by atoms with E-state index in [1.807, 2.05) is 35.6 Å². The molecule has 0 aliphatic rings. The number of amides is 1. The summed E-state index contributed by atoms with van der Waals surface area (Å²) in [6.45, 7) is 1.88. The first kappa shape index (κ1) is 21.2. The standard InChI is InChI=1S/C25H21N5O4/c1-15-28-29-23-25(27-21-6-4-5-7-22(21)30(15)23)34-18-10-8-17(9-11-18)26-24(31)16-12-19(32-2)14-20(13-16)33-3/h4-14H,1-3H3,(H,26,31). The Balaban J connectivity index is 1.38. The number of anilines is 1. The molecule has 0 aliphatic heterocycles. The predicted molar refractivity (Wildman–Crippen MR) is 127 cm³/mol. The molecule has 0 fully saturated rings. The third-order valence-corrected chi connectivity index (χ3v) is 5.30. The average Bonchev–Trinajstić information content (AvgIpc) is 3.27. The van der Waals surface area contributed by atoms with Crippen LogP contribution in [0, 0.1) is 6.92 Å². The maximum Gasteiger partial charge on any atom is 0.266 e. The Bertz CT molecular complexity index is 1490. The lowest BCUT2D eigenvalue weighted by Gasteiger charge is -2.11. The van der Waals surface area contributed by atoms with Gasteiger partial charge in [-0.2, -0.15) is 0 Å². The fourth-order valence-electron chi connectivity index (χ4n) is 3.62. The van der Waals surface area contributed by atoms with Crippen molar-refractivity contribution in [1.82, 2.24) is 19.6 Å². The topological polar surface area (TPSA) is 99.9 Å². The van der Waals surface area contributed by atoms with Crippen molar-refractivity contribution in [2.75, 3.05) is 19.5 Å². The highest BCUT2D eigenvalue weighted by Gasteiger charge is 2.15. The van der Waals surface area contributed by atoms with Crippen LogP contribution in [0.1, 0.15) is 16.2 Å². The van der Waals surface area contributed by atoms with Gasteiger partial charge in [0.15, 0.2) is 0 Å². The Morgan fingerprint density at radius 2 is 1.59 bits per heavy atom. The lowest BCUT2D eigenvalue weighted by Crippen LogP contribution is -2.12. The molecule has 0 atom stereocenters.